The molecule has 2 atom stereocenters. The quantitative estimate of drug-likeness (QED) is 0.649. The van der Waals surface area contributed by atoms with E-state index in [1.807, 2.05) is 30.3 Å². The van der Waals surface area contributed by atoms with E-state index in [9.17, 15) is 13.2 Å². The van der Waals surface area contributed by atoms with Gasteiger partial charge in [-0.15, -0.1) is 0 Å². The van der Waals surface area contributed by atoms with E-state index in [1.165, 1.54) is 17.5 Å². The third-order valence-electron chi connectivity index (χ3n) is 4.44. The molecule has 0 radical (unpaired) electrons. The van der Waals surface area contributed by atoms with Gasteiger partial charge in [0.2, 0.25) is 15.8 Å². The number of carbonyl (C=O) groups is 1. The summed E-state index contributed by atoms with van der Waals surface area (Å²) in [4.78, 5) is 22.6. The Hall–Kier alpha value is -3.05. The normalized spacial score (nSPS) is 19.8. The van der Waals surface area contributed by atoms with E-state index >= 15 is 0 Å². The average Bonchev–Trinajstić information content (AvgIpc) is 3.40. The van der Waals surface area contributed by atoms with Gasteiger partial charge in [-0.1, -0.05) is 30.3 Å². The Labute approximate surface area is 161 Å². The van der Waals surface area contributed by atoms with Gasteiger partial charge in [0.1, 0.15) is 5.82 Å². The zero-order valence-electron chi connectivity index (χ0n) is 14.9. The fourth-order valence-corrected chi connectivity index (χ4v) is 4.09. The van der Waals surface area contributed by atoms with Crippen molar-refractivity contribution in [3.8, 4) is 11.4 Å². The zero-order chi connectivity index (χ0) is 19.7. The highest BCUT2D eigenvalue weighted by Crippen LogP contribution is 2.32. The van der Waals surface area contributed by atoms with Crippen molar-refractivity contribution in [1.29, 1.82) is 0 Å². The van der Waals surface area contributed by atoms with Crippen molar-refractivity contribution in [2.24, 2.45) is 0 Å². The molecular formula is C17H18N6O4S. The highest BCUT2D eigenvalue weighted by Gasteiger charge is 2.40. The van der Waals surface area contributed by atoms with E-state index in [0.29, 0.717) is 18.1 Å². The van der Waals surface area contributed by atoms with E-state index in [4.69, 9.17) is 4.42 Å². The molecule has 10 nitrogen and oxygen atoms in total. The molecule has 0 unspecified atom stereocenters. The third kappa shape index (κ3) is 3.80. The van der Waals surface area contributed by atoms with Crippen molar-refractivity contribution in [2.75, 3.05) is 12.8 Å². The van der Waals surface area contributed by atoms with Crippen LogP contribution in [0.3, 0.4) is 0 Å². The average molecular weight is 402 g/mol. The van der Waals surface area contributed by atoms with Crippen molar-refractivity contribution in [1.82, 2.24) is 29.8 Å². The molecule has 4 rings (SSSR count). The van der Waals surface area contributed by atoms with Gasteiger partial charge in [0.25, 0.3) is 5.91 Å². The van der Waals surface area contributed by atoms with E-state index < -0.39 is 28.0 Å². The van der Waals surface area contributed by atoms with Crippen molar-refractivity contribution in [2.45, 2.75) is 18.5 Å². The van der Waals surface area contributed by atoms with E-state index in [-0.39, 0.29) is 12.3 Å². The molecule has 1 amide bonds. The van der Waals surface area contributed by atoms with Crippen LogP contribution in [-0.4, -0.2) is 58.2 Å². The summed E-state index contributed by atoms with van der Waals surface area (Å²) in [5.74, 6) is 0.664. The van der Waals surface area contributed by atoms with E-state index in [2.05, 4.69) is 24.9 Å². The standard InChI is InChI=1S/C17H18N6O4S/c1-28(25,26)22-12-7-13(23(9-12)17(24)14-8-18-10-27-14)16-19-15(20-21-16)11-5-3-2-4-6-11/h2-6,8,10,12-13,22H,7,9H2,1H3,(H,19,20,21)/t12-,13-/m0/s1. The van der Waals surface area contributed by atoms with Gasteiger partial charge in [-0.25, -0.2) is 23.1 Å². The SMILES string of the molecule is CS(=O)(=O)N[C@H]1C[C@@H](c2nc(-c3ccccc3)n[nH]2)N(C(=O)c2cnco2)C1. The van der Waals surface area contributed by atoms with Crippen LogP contribution in [0, 0.1) is 0 Å². The highest BCUT2D eigenvalue weighted by molar-refractivity contribution is 7.88. The molecule has 2 N–H and O–H groups in total. The molecule has 3 aromatic rings. The molecule has 0 spiro atoms. The maximum Gasteiger partial charge on any atom is 0.291 e. The summed E-state index contributed by atoms with van der Waals surface area (Å²) in [5.41, 5.74) is 0.835. The van der Waals surface area contributed by atoms with Crippen LogP contribution in [0.1, 0.15) is 28.8 Å². The molecule has 0 aliphatic carbocycles. The molecule has 146 valence electrons. The predicted octanol–water partition coefficient (Wildman–Crippen LogP) is 0.965. The lowest BCUT2D eigenvalue weighted by Gasteiger charge is -2.21. The van der Waals surface area contributed by atoms with Crippen LogP contribution in [0.15, 0.2) is 47.3 Å². The Balaban J connectivity index is 1.64. The summed E-state index contributed by atoms with van der Waals surface area (Å²) in [6.45, 7) is 0.179. The number of oxazole rings is 1. The molecule has 28 heavy (non-hydrogen) atoms. The maximum atomic E-state index is 12.8. The summed E-state index contributed by atoms with van der Waals surface area (Å²) in [6, 6.07) is 8.49. The molecule has 1 saturated heterocycles. The van der Waals surface area contributed by atoms with E-state index in [1.54, 1.807) is 0 Å². The molecule has 1 aliphatic heterocycles. The zero-order valence-corrected chi connectivity index (χ0v) is 15.8. The molecule has 2 aromatic heterocycles. The number of amides is 1. The number of likely N-dealkylation sites (tertiary alicyclic amines) is 1. The van der Waals surface area contributed by atoms with Crippen LogP contribution in [0.5, 0.6) is 0 Å². The third-order valence-corrected chi connectivity index (χ3v) is 5.20. The summed E-state index contributed by atoms with van der Waals surface area (Å²) < 4.78 is 31.0. The first-order valence-electron chi connectivity index (χ1n) is 8.55. The fourth-order valence-electron chi connectivity index (χ4n) is 3.31. The first kappa shape index (κ1) is 18.3. The molecule has 3 heterocycles. The van der Waals surface area contributed by atoms with Gasteiger partial charge < -0.3 is 9.32 Å². The number of nitrogens with zero attached hydrogens (tertiary/aromatic N) is 4. The smallest absolute Gasteiger partial charge is 0.291 e. The van der Waals surface area contributed by atoms with Gasteiger partial charge in [0.15, 0.2) is 12.2 Å². The van der Waals surface area contributed by atoms with Gasteiger partial charge in [0.05, 0.1) is 18.5 Å². The number of benzene rings is 1. The number of rotatable bonds is 5. The van der Waals surface area contributed by atoms with Crippen LogP contribution in [-0.2, 0) is 10.0 Å². The molecule has 11 heteroatoms. The number of hydrogen-bond acceptors (Lipinski definition) is 7. The van der Waals surface area contributed by atoms with Crippen LogP contribution in [0.2, 0.25) is 0 Å². The number of aromatic nitrogens is 4. The van der Waals surface area contributed by atoms with Gasteiger partial charge in [-0.05, 0) is 6.42 Å². The van der Waals surface area contributed by atoms with Crippen molar-refractivity contribution < 1.29 is 17.6 Å². The number of sulfonamides is 1. The van der Waals surface area contributed by atoms with Crippen molar-refractivity contribution >= 4 is 15.9 Å². The van der Waals surface area contributed by atoms with Crippen molar-refractivity contribution in [3.63, 3.8) is 0 Å². The Morgan fingerprint density at radius 3 is 2.79 bits per heavy atom. The summed E-state index contributed by atoms with van der Waals surface area (Å²) in [5, 5.41) is 7.12. The molecule has 1 aromatic carbocycles. The Morgan fingerprint density at radius 2 is 2.11 bits per heavy atom. The van der Waals surface area contributed by atoms with E-state index in [0.717, 1.165) is 11.8 Å². The number of nitrogens with one attached hydrogen (secondary N) is 2. The predicted molar refractivity (Wildman–Crippen MR) is 98.5 cm³/mol. The largest absolute Gasteiger partial charge is 0.438 e. The first-order valence-corrected chi connectivity index (χ1v) is 10.4. The summed E-state index contributed by atoms with van der Waals surface area (Å²) in [7, 11) is -3.42. The molecule has 1 aliphatic rings. The number of aromatic amines is 1. The molecular weight excluding hydrogens is 384 g/mol. The molecule has 1 fully saturated rings. The van der Waals surface area contributed by atoms with Gasteiger partial charge in [-0.2, -0.15) is 5.10 Å². The topological polar surface area (TPSA) is 134 Å². The van der Waals surface area contributed by atoms with Crippen LogP contribution in [0.25, 0.3) is 11.4 Å². The minimum atomic E-state index is -3.42. The van der Waals surface area contributed by atoms with Crippen LogP contribution < -0.4 is 4.72 Å². The summed E-state index contributed by atoms with van der Waals surface area (Å²) >= 11 is 0. The van der Waals surface area contributed by atoms with Gasteiger partial charge >= 0.3 is 0 Å². The minimum absolute atomic E-state index is 0.0767. The van der Waals surface area contributed by atoms with Gasteiger partial charge in [-0.3, -0.25) is 9.89 Å². The Kier molecular flexibility index (Phi) is 4.69. The fraction of sp³-hybridized carbons (Fsp3) is 0.294. The van der Waals surface area contributed by atoms with Crippen LogP contribution in [0.4, 0.5) is 0 Å². The second-order valence-corrected chi connectivity index (χ2v) is 8.35. The second kappa shape index (κ2) is 7.17. The number of H-pyrrole nitrogens is 1. The number of carbonyl (C=O) groups excluding carboxylic acids is 1. The van der Waals surface area contributed by atoms with Crippen LogP contribution >= 0.6 is 0 Å². The highest BCUT2D eigenvalue weighted by atomic mass is 32.2. The minimum Gasteiger partial charge on any atom is -0.438 e. The first-order chi connectivity index (χ1) is 13.4. The van der Waals surface area contributed by atoms with Crippen molar-refractivity contribution in [3.05, 3.63) is 54.5 Å². The molecule has 0 saturated carbocycles. The number of hydrogen-bond donors (Lipinski definition) is 2. The summed E-state index contributed by atoms with van der Waals surface area (Å²) in [6.07, 6.45) is 3.94. The Morgan fingerprint density at radius 1 is 1.32 bits per heavy atom. The second-order valence-electron chi connectivity index (χ2n) is 6.57. The lowest BCUT2D eigenvalue weighted by atomic mass is 10.1. The monoisotopic (exact) mass is 402 g/mol. The van der Waals surface area contributed by atoms with Gasteiger partial charge in [0, 0.05) is 18.2 Å². The lowest BCUT2D eigenvalue weighted by molar-refractivity contribution is 0.0696. The Bertz CT molecular complexity index is 1060. The maximum absolute atomic E-state index is 12.8. The lowest BCUT2D eigenvalue weighted by Crippen LogP contribution is -2.38. The molecule has 0 bridgehead atoms.